The van der Waals surface area contributed by atoms with Crippen LogP contribution >= 0.6 is 0 Å². The number of hydrogen-bond acceptors (Lipinski definition) is 3. The molecule has 0 spiro atoms. The van der Waals surface area contributed by atoms with Gasteiger partial charge in [0.05, 0.1) is 23.5 Å². The molecule has 110 valence electrons. The van der Waals surface area contributed by atoms with Gasteiger partial charge in [0.2, 0.25) is 0 Å². The van der Waals surface area contributed by atoms with E-state index in [2.05, 4.69) is 9.97 Å². The predicted molar refractivity (Wildman–Crippen MR) is 64.9 cm³/mol. The molecule has 0 bridgehead atoms. The maximum Gasteiger partial charge on any atom is 0.266 e. The molecule has 0 aliphatic heterocycles. The standard InChI is InChI=1S/C14H10F4N2O/c15-10-2-1-9(13(17)18)12(16)11(10)14(3-4-14)21-8-5-19-7-20-6-8/h1-2,5-7,13H,3-4H2. The number of hydrogen-bond donors (Lipinski definition) is 0. The second-order valence-electron chi connectivity index (χ2n) is 4.80. The van der Waals surface area contributed by atoms with Crippen molar-refractivity contribution in [1.82, 2.24) is 9.97 Å². The van der Waals surface area contributed by atoms with Gasteiger partial charge in [-0.3, -0.25) is 0 Å². The number of alkyl halides is 2. The Hall–Kier alpha value is -2.18. The Morgan fingerprint density at radius 2 is 1.76 bits per heavy atom. The molecular formula is C14H10F4N2O. The van der Waals surface area contributed by atoms with Crippen LogP contribution in [0, 0.1) is 11.6 Å². The van der Waals surface area contributed by atoms with Gasteiger partial charge in [-0.2, -0.15) is 0 Å². The highest BCUT2D eigenvalue weighted by atomic mass is 19.3. The number of ether oxygens (including phenoxy) is 1. The minimum absolute atomic E-state index is 0.233. The molecule has 1 aliphatic rings. The summed E-state index contributed by atoms with van der Waals surface area (Å²) in [5.74, 6) is -1.91. The van der Waals surface area contributed by atoms with Crippen LogP contribution in [0.1, 0.15) is 30.4 Å². The number of benzene rings is 1. The zero-order valence-corrected chi connectivity index (χ0v) is 10.7. The van der Waals surface area contributed by atoms with E-state index in [1.54, 1.807) is 0 Å². The van der Waals surface area contributed by atoms with E-state index in [0.717, 1.165) is 12.1 Å². The summed E-state index contributed by atoms with van der Waals surface area (Å²) in [6.45, 7) is 0. The van der Waals surface area contributed by atoms with E-state index in [0.29, 0.717) is 12.8 Å². The van der Waals surface area contributed by atoms with Gasteiger partial charge < -0.3 is 4.74 Å². The molecule has 2 aromatic rings. The smallest absolute Gasteiger partial charge is 0.266 e. The minimum Gasteiger partial charge on any atom is -0.479 e. The molecule has 1 fully saturated rings. The lowest BCUT2D eigenvalue weighted by Gasteiger charge is -2.20. The normalized spacial score (nSPS) is 16.0. The van der Waals surface area contributed by atoms with Crippen LogP contribution in [0.5, 0.6) is 5.75 Å². The fourth-order valence-corrected chi connectivity index (χ4v) is 2.24. The van der Waals surface area contributed by atoms with Crippen molar-refractivity contribution in [3.8, 4) is 5.75 Å². The van der Waals surface area contributed by atoms with Gasteiger partial charge in [-0.25, -0.2) is 27.5 Å². The maximum absolute atomic E-state index is 14.2. The summed E-state index contributed by atoms with van der Waals surface area (Å²) in [4.78, 5) is 7.47. The third-order valence-electron chi connectivity index (χ3n) is 3.37. The molecule has 0 N–H and O–H groups in total. The fraction of sp³-hybridized carbons (Fsp3) is 0.286. The third-order valence-corrected chi connectivity index (χ3v) is 3.37. The van der Waals surface area contributed by atoms with E-state index in [4.69, 9.17) is 4.74 Å². The number of halogens is 4. The first-order valence-corrected chi connectivity index (χ1v) is 6.24. The van der Waals surface area contributed by atoms with E-state index in [9.17, 15) is 17.6 Å². The highest BCUT2D eigenvalue weighted by Gasteiger charge is 2.51. The summed E-state index contributed by atoms with van der Waals surface area (Å²) in [5.41, 5.74) is -2.54. The Morgan fingerprint density at radius 1 is 1.10 bits per heavy atom. The highest BCUT2D eigenvalue weighted by molar-refractivity contribution is 5.37. The number of nitrogens with zero attached hydrogens (tertiary/aromatic N) is 2. The Labute approximate surface area is 117 Å². The first kappa shape index (κ1) is 13.8. The molecular weight excluding hydrogens is 288 g/mol. The quantitative estimate of drug-likeness (QED) is 0.806. The lowest BCUT2D eigenvalue weighted by atomic mass is 10.0. The van der Waals surface area contributed by atoms with Gasteiger partial charge in [-0.05, 0) is 25.0 Å². The van der Waals surface area contributed by atoms with Crippen molar-refractivity contribution in [2.75, 3.05) is 0 Å². The molecule has 3 rings (SSSR count). The topological polar surface area (TPSA) is 35.0 Å². The summed E-state index contributed by atoms with van der Waals surface area (Å²) >= 11 is 0. The van der Waals surface area contributed by atoms with E-state index in [1.165, 1.54) is 18.7 Å². The van der Waals surface area contributed by atoms with E-state index in [1.807, 2.05) is 0 Å². The van der Waals surface area contributed by atoms with Crippen molar-refractivity contribution in [2.45, 2.75) is 24.9 Å². The maximum atomic E-state index is 14.2. The summed E-state index contributed by atoms with van der Waals surface area (Å²) in [6, 6.07) is 1.59. The lowest BCUT2D eigenvalue weighted by Crippen LogP contribution is -2.20. The monoisotopic (exact) mass is 298 g/mol. The number of rotatable bonds is 4. The van der Waals surface area contributed by atoms with Crippen LogP contribution in [0.4, 0.5) is 17.6 Å². The van der Waals surface area contributed by atoms with Crippen molar-refractivity contribution < 1.29 is 22.3 Å². The largest absolute Gasteiger partial charge is 0.479 e. The Morgan fingerprint density at radius 3 is 2.33 bits per heavy atom. The van der Waals surface area contributed by atoms with Crippen molar-refractivity contribution >= 4 is 0 Å². The van der Waals surface area contributed by atoms with E-state index < -0.39 is 34.8 Å². The second-order valence-corrected chi connectivity index (χ2v) is 4.80. The van der Waals surface area contributed by atoms with Crippen molar-refractivity contribution in [3.63, 3.8) is 0 Å². The molecule has 0 atom stereocenters. The van der Waals surface area contributed by atoms with Gasteiger partial charge in [-0.1, -0.05) is 0 Å². The molecule has 0 amide bonds. The molecule has 0 saturated heterocycles. The summed E-state index contributed by atoms with van der Waals surface area (Å²) < 4.78 is 59.2. The molecule has 1 saturated carbocycles. The number of aromatic nitrogens is 2. The van der Waals surface area contributed by atoms with Gasteiger partial charge in [0, 0.05) is 0 Å². The first-order chi connectivity index (χ1) is 10.0. The van der Waals surface area contributed by atoms with Crippen molar-refractivity contribution in [3.05, 3.63) is 53.6 Å². The van der Waals surface area contributed by atoms with Gasteiger partial charge >= 0.3 is 0 Å². The molecule has 21 heavy (non-hydrogen) atoms. The van der Waals surface area contributed by atoms with Gasteiger partial charge in [0.25, 0.3) is 6.43 Å². The fourth-order valence-electron chi connectivity index (χ4n) is 2.24. The molecule has 0 radical (unpaired) electrons. The summed E-state index contributed by atoms with van der Waals surface area (Å²) in [6.07, 6.45) is 1.63. The zero-order chi connectivity index (χ0) is 15.0. The average Bonchev–Trinajstić information content (AvgIpc) is 3.19. The third kappa shape index (κ3) is 2.43. The van der Waals surface area contributed by atoms with Crippen LogP contribution in [0.25, 0.3) is 0 Å². The summed E-state index contributed by atoms with van der Waals surface area (Å²) in [7, 11) is 0. The molecule has 1 heterocycles. The van der Waals surface area contributed by atoms with Crippen LogP contribution in [-0.2, 0) is 5.60 Å². The van der Waals surface area contributed by atoms with E-state index >= 15 is 0 Å². The minimum atomic E-state index is -3.01. The highest BCUT2D eigenvalue weighted by Crippen LogP contribution is 2.51. The van der Waals surface area contributed by atoms with Gasteiger partial charge in [0.15, 0.2) is 5.75 Å². The Bertz CT molecular complexity index is 660. The predicted octanol–water partition coefficient (Wildman–Crippen LogP) is 3.76. The molecule has 1 aliphatic carbocycles. The summed E-state index contributed by atoms with van der Waals surface area (Å²) in [5, 5.41) is 0. The van der Waals surface area contributed by atoms with Crippen molar-refractivity contribution in [1.29, 1.82) is 0 Å². The van der Waals surface area contributed by atoms with Gasteiger partial charge in [-0.15, -0.1) is 0 Å². The van der Waals surface area contributed by atoms with Crippen LogP contribution in [-0.4, -0.2) is 9.97 Å². The van der Waals surface area contributed by atoms with Crippen LogP contribution in [0.15, 0.2) is 30.9 Å². The molecule has 7 heteroatoms. The first-order valence-electron chi connectivity index (χ1n) is 6.24. The average molecular weight is 298 g/mol. The van der Waals surface area contributed by atoms with Crippen LogP contribution in [0.2, 0.25) is 0 Å². The Kier molecular flexibility index (Phi) is 3.27. The molecule has 1 aromatic heterocycles. The molecule has 0 unspecified atom stereocenters. The van der Waals surface area contributed by atoms with Crippen molar-refractivity contribution in [2.24, 2.45) is 0 Å². The molecule has 1 aromatic carbocycles. The SMILES string of the molecule is Fc1ccc(C(F)F)c(F)c1C1(Oc2cncnc2)CC1. The van der Waals surface area contributed by atoms with Crippen LogP contribution < -0.4 is 4.74 Å². The lowest BCUT2D eigenvalue weighted by molar-refractivity contribution is 0.140. The zero-order valence-electron chi connectivity index (χ0n) is 10.7. The van der Waals surface area contributed by atoms with Gasteiger partial charge in [0.1, 0.15) is 23.6 Å². The Balaban J connectivity index is 2.02. The van der Waals surface area contributed by atoms with Crippen LogP contribution in [0.3, 0.4) is 0 Å². The van der Waals surface area contributed by atoms with E-state index in [-0.39, 0.29) is 5.75 Å². The molecule has 3 nitrogen and oxygen atoms in total. The second kappa shape index (κ2) is 4.98.